The monoisotopic (exact) mass is 395 g/mol. The van der Waals surface area contributed by atoms with Gasteiger partial charge >= 0.3 is 11.7 Å². The molecular weight excluding hydrogens is 374 g/mol. The first-order valence-corrected chi connectivity index (χ1v) is 9.16. The first-order valence-electron chi connectivity index (χ1n) is 9.16. The molecule has 2 aromatic carbocycles. The van der Waals surface area contributed by atoms with Crippen LogP contribution < -0.4 is 11.1 Å². The summed E-state index contributed by atoms with van der Waals surface area (Å²) in [5.41, 5.74) is 3.11. The minimum absolute atomic E-state index is 0.226. The van der Waals surface area contributed by atoms with E-state index in [1.807, 2.05) is 54.6 Å². The minimum atomic E-state index is -0.946. The van der Waals surface area contributed by atoms with Crippen LogP contribution in [0.3, 0.4) is 0 Å². The number of rotatable bonds is 8. The lowest BCUT2D eigenvalue weighted by molar-refractivity contribution is -0.141. The van der Waals surface area contributed by atoms with E-state index in [0.717, 1.165) is 16.7 Å². The van der Waals surface area contributed by atoms with Gasteiger partial charge in [-0.15, -0.1) is 0 Å². The molecule has 0 aliphatic carbocycles. The molecule has 29 heavy (non-hydrogen) atoms. The lowest BCUT2D eigenvalue weighted by Gasteiger charge is -2.20. The quantitative estimate of drug-likeness (QED) is 0.538. The van der Waals surface area contributed by atoms with Crippen molar-refractivity contribution in [2.45, 2.75) is 25.8 Å². The van der Waals surface area contributed by atoms with E-state index < -0.39 is 29.6 Å². The zero-order valence-electron chi connectivity index (χ0n) is 15.8. The molecule has 0 spiro atoms. The molecule has 0 aliphatic rings. The lowest BCUT2D eigenvalue weighted by atomic mass is 9.95. The standard InChI is InChI=1S/C21H21N3O5/c1-13(20(26)27)11-17(22-19(25)18-23-21(28)29-24-18)12-14-7-9-16(10-8-14)15-5-3-2-4-6-15/h2-10,13,17H,11-12H2,1H3,(H,22,25)(H,26,27)(H,23,24,28)/t13-,17+/m1/s1. The summed E-state index contributed by atoms with van der Waals surface area (Å²) in [5.74, 6) is -3.30. The fourth-order valence-electron chi connectivity index (χ4n) is 3.05. The number of H-pyrrole nitrogens is 1. The molecule has 3 N–H and O–H groups in total. The van der Waals surface area contributed by atoms with Gasteiger partial charge in [0, 0.05) is 6.04 Å². The third-order valence-electron chi connectivity index (χ3n) is 4.59. The number of nitrogens with one attached hydrogen (secondary N) is 2. The maximum absolute atomic E-state index is 12.3. The summed E-state index contributed by atoms with van der Waals surface area (Å²) in [6.45, 7) is 1.58. The molecule has 3 aromatic rings. The third-order valence-corrected chi connectivity index (χ3v) is 4.59. The fourth-order valence-corrected chi connectivity index (χ4v) is 3.05. The number of aromatic nitrogens is 2. The van der Waals surface area contributed by atoms with Crippen molar-refractivity contribution in [3.63, 3.8) is 0 Å². The van der Waals surface area contributed by atoms with E-state index in [9.17, 15) is 19.5 Å². The summed E-state index contributed by atoms with van der Waals surface area (Å²) in [7, 11) is 0. The summed E-state index contributed by atoms with van der Waals surface area (Å²) >= 11 is 0. The van der Waals surface area contributed by atoms with Gasteiger partial charge in [0.25, 0.3) is 5.91 Å². The first-order chi connectivity index (χ1) is 13.9. The van der Waals surface area contributed by atoms with Crippen LogP contribution in [0.2, 0.25) is 0 Å². The topological polar surface area (TPSA) is 125 Å². The van der Waals surface area contributed by atoms with Gasteiger partial charge in [-0.25, -0.2) is 4.79 Å². The highest BCUT2D eigenvalue weighted by atomic mass is 16.5. The number of aliphatic carboxylic acids is 1. The van der Waals surface area contributed by atoms with Crippen LogP contribution in [0, 0.1) is 5.92 Å². The molecule has 0 saturated heterocycles. The Balaban J connectivity index is 1.74. The molecule has 8 nitrogen and oxygen atoms in total. The van der Waals surface area contributed by atoms with E-state index >= 15 is 0 Å². The zero-order chi connectivity index (χ0) is 20.8. The summed E-state index contributed by atoms with van der Waals surface area (Å²) in [6, 6.07) is 17.3. The van der Waals surface area contributed by atoms with E-state index in [0.29, 0.717) is 6.42 Å². The van der Waals surface area contributed by atoms with Crippen molar-refractivity contribution in [3.8, 4) is 11.1 Å². The summed E-state index contributed by atoms with van der Waals surface area (Å²) < 4.78 is 4.34. The molecule has 1 heterocycles. The molecule has 3 rings (SSSR count). The van der Waals surface area contributed by atoms with Gasteiger partial charge in [0.2, 0.25) is 5.82 Å². The largest absolute Gasteiger partial charge is 0.481 e. The van der Waals surface area contributed by atoms with Gasteiger partial charge in [-0.2, -0.15) is 0 Å². The smallest absolute Gasteiger partial charge is 0.439 e. The Bertz CT molecular complexity index is 1020. The van der Waals surface area contributed by atoms with Crippen molar-refractivity contribution in [2.75, 3.05) is 0 Å². The Morgan fingerprint density at radius 2 is 1.76 bits per heavy atom. The fraction of sp³-hybridized carbons (Fsp3) is 0.238. The number of hydrogen-bond donors (Lipinski definition) is 3. The van der Waals surface area contributed by atoms with Crippen LogP contribution in [0.5, 0.6) is 0 Å². The van der Waals surface area contributed by atoms with Gasteiger partial charge in [-0.3, -0.25) is 19.1 Å². The van der Waals surface area contributed by atoms with E-state index in [1.54, 1.807) is 6.92 Å². The second-order valence-corrected chi connectivity index (χ2v) is 6.86. The summed E-state index contributed by atoms with van der Waals surface area (Å²) in [5, 5.41) is 15.3. The van der Waals surface area contributed by atoms with Crippen LogP contribution in [-0.2, 0) is 11.2 Å². The van der Waals surface area contributed by atoms with Gasteiger partial charge in [-0.05, 0) is 34.7 Å². The Morgan fingerprint density at radius 1 is 1.10 bits per heavy atom. The number of hydrogen-bond acceptors (Lipinski definition) is 5. The predicted molar refractivity (Wildman–Crippen MR) is 105 cm³/mol. The van der Waals surface area contributed by atoms with Gasteiger partial charge < -0.3 is 10.4 Å². The van der Waals surface area contributed by atoms with Crippen LogP contribution in [-0.4, -0.2) is 33.2 Å². The number of carboxylic acids is 1. The Labute approximate surface area is 166 Å². The summed E-state index contributed by atoms with van der Waals surface area (Å²) in [6.07, 6.45) is 0.657. The van der Waals surface area contributed by atoms with Crippen LogP contribution in [0.25, 0.3) is 11.1 Å². The molecule has 0 fully saturated rings. The Kier molecular flexibility index (Phi) is 6.23. The number of nitrogens with zero attached hydrogens (tertiary/aromatic N) is 1. The first kappa shape index (κ1) is 20.1. The van der Waals surface area contributed by atoms with Gasteiger partial charge in [0.05, 0.1) is 5.92 Å². The molecule has 1 aromatic heterocycles. The molecule has 0 aliphatic heterocycles. The number of carboxylic acid groups (broad SMARTS) is 1. The zero-order valence-corrected chi connectivity index (χ0v) is 15.8. The summed E-state index contributed by atoms with van der Waals surface area (Å²) in [4.78, 5) is 36.8. The second kappa shape index (κ2) is 9.01. The molecule has 150 valence electrons. The lowest BCUT2D eigenvalue weighted by Crippen LogP contribution is -2.39. The van der Waals surface area contributed by atoms with Crippen LogP contribution in [0.1, 0.15) is 29.5 Å². The highest BCUT2D eigenvalue weighted by Crippen LogP contribution is 2.20. The van der Waals surface area contributed by atoms with Crippen molar-refractivity contribution in [1.82, 2.24) is 15.5 Å². The van der Waals surface area contributed by atoms with Crippen LogP contribution in [0.15, 0.2) is 63.9 Å². The maximum Gasteiger partial charge on any atom is 0.439 e. The maximum atomic E-state index is 12.3. The molecule has 0 unspecified atom stereocenters. The van der Waals surface area contributed by atoms with Gasteiger partial charge in [0.15, 0.2) is 0 Å². The molecule has 0 bridgehead atoms. The molecule has 8 heteroatoms. The molecule has 2 atom stereocenters. The predicted octanol–water partition coefficient (Wildman–Crippen LogP) is 2.48. The number of aromatic amines is 1. The molecule has 1 amide bonds. The SMILES string of the molecule is C[C@H](C[C@@H](Cc1ccc(-c2ccccc2)cc1)NC(=O)c1noc(=O)[nH]1)C(=O)O. The van der Waals surface area contributed by atoms with Gasteiger partial charge in [-0.1, -0.05) is 61.5 Å². The van der Waals surface area contributed by atoms with E-state index in [2.05, 4.69) is 20.0 Å². The van der Waals surface area contributed by atoms with Crippen molar-refractivity contribution in [2.24, 2.45) is 5.92 Å². The third kappa shape index (κ3) is 5.41. The van der Waals surface area contributed by atoms with E-state index in [4.69, 9.17) is 0 Å². The van der Waals surface area contributed by atoms with Crippen molar-refractivity contribution >= 4 is 11.9 Å². The normalized spacial score (nSPS) is 12.9. The van der Waals surface area contributed by atoms with Gasteiger partial charge in [0.1, 0.15) is 0 Å². The molecule has 0 radical (unpaired) electrons. The van der Waals surface area contributed by atoms with Crippen LogP contribution >= 0.6 is 0 Å². The van der Waals surface area contributed by atoms with Crippen molar-refractivity contribution < 1.29 is 19.2 Å². The number of benzene rings is 2. The molecular formula is C21H21N3O5. The van der Waals surface area contributed by atoms with Crippen LogP contribution in [0.4, 0.5) is 0 Å². The number of amides is 1. The molecule has 0 saturated carbocycles. The Morgan fingerprint density at radius 3 is 2.34 bits per heavy atom. The van der Waals surface area contributed by atoms with Crippen molar-refractivity contribution in [1.29, 1.82) is 0 Å². The minimum Gasteiger partial charge on any atom is -0.481 e. The average molecular weight is 395 g/mol. The highest BCUT2D eigenvalue weighted by Gasteiger charge is 2.22. The second-order valence-electron chi connectivity index (χ2n) is 6.86. The average Bonchev–Trinajstić information content (AvgIpc) is 3.15. The van der Waals surface area contributed by atoms with E-state index in [1.165, 1.54) is 0 Å². The highest BCUT2D eigenvalue weighted by molar-refractivity contribution is 5.90. The number of carbonyl (C=O) groups is 2. The number of carbonyl (C=O) groups excluding carboxylic acids is 1. The van der Waals surface area contributed by atoms with E-state index in [-0.39, 0.29) is 12.2 Å². The van der Waals surface area contributed by atoms with Crippen molar-refractivity contribution in [3.05, 3.63) is 76.5 Å². The Hall–Kier alpha value is -3.68.